The van der Waals surface area contributed by atoms with E-state index >= 15 is 0 Å². The van der Waals surface area contributed by atoms with Crippen LogP contribution >= 0.6 is 0 Å². The Bertz CT molecular complexity index is 929. The second kappa shape index (κ2) is 6.22. The van der Waals surface area contributed by atoms with E-state index < -0.39 is 12.7 Å². The van der Waals surface area contributed by atoms with Gasteiger partial charge in [-0.1, -0.05) is 0 Å². The number of nitrogens with zero attached hydrogens (tertiary/aromatic N) is 7. The number of hydrogen-bond acceptors (Lipinski definition) is 6. The molecular weight excluding hydrogens is 349 g/mol. The summed E-state index contributed by atoms with van der Waals surface area (Å²) in [4.78, 5) is 8.12. The van der Waals surface area contributed by atoms with Gasteiger partial charge in [0.2, 0.25) is 0 Å². The number of aromatic nitrogens is 7. The van der Waals surface area contributed by atoms with Gasteiger partial charge in [0.05, 0.1) is 5.39 Å². The molecule has 0 saturated heterocycles. The molecule has 0 saturated carbocycles. The Balaban J connectivity index is 1.48. The van der Waals surface area contributed by atoms with Crippen LogP contribution in [0.5, 0.6) is 0 Å². The van der Waals surface area contributed by atoms with Crippen molar-refractivity contribution in [2.75, 3.05) is 11.9 Å². The number of rotatable bonds is 4. The number of aryl methyl sites for hydroxylation is 2. The average Bonchev–Trinajstić information content (AvgIpc) is 3.14. The van der Waals surface area contributed by atoms with E-state index in [4.69, 9.17) is 0 Å². The third kappa shape index (κ3) is 3.33. The van der Waals surface area contributed by atoms with Gasteiger partial charge in [0.25, 0.3) is 0 Å². The summed E-state index contributed by atoms with van der Waals surface area (Å²) in [6.07, 6.45) is 0.120. The van der Waals surface area contributed by atoms with E-state index in [1.807, 2.05) is 6.92 Å². The predicted octanol–water partition coefficient (Wildman–Crippen LogP) is 1.96. The normalized spacial score (nSPS) is 17.5. The number of anilines is 1. The van der Waals surface area contributed by atoms with E-state index in [1.165, 1.54) is 12.5 Å². The van der Waals surface area contributed by atoms with Crippen molar-refractivity contribution in [3.63, 3.8) is 0 Å². The fourth-order valence-corrected chi connectivity index (χ4v) is 3.23. The molecule has 4 heterocycles. The predicted molar refractivity (Wildman–Crippen MR) is 86.4 cm³/mol. The fraction of sp³-hybridized carbons (Fsp3) is 0.533. The van der Waals surface area contributed by atoms with Gasteiger partial charge in [-0.2, -0.15) is 18.3 Å². The van der Waals surface area contributed by atoms with Crippen LogP contribution in [0, 0.1) is 12.8 Å². The SMILES string of the molecule is Cc1nnc2n1CC(CNc1ncnc3nn(CC(F)(F)F)cc13)CC2. The Kier molecular flexibility index (Phi) is 4.00. The number of fused-ring (bicyclic) bond motifs is 2. The molecular formula is C15H17F3N8. The lowest BCUT2D eigenvalue weighted by Crippen LogP contribution is -2.27. The summed E-state index contributed by atoms with van der Waals surface area (Å²) in [5.74, 6) is 2.74. The topological polar surface area (TPSA) is 86.3 Å². The second-order valence-electron chi connectivity index (χ2n) is 6.46. The maximum Gasteiger partial charge on any atom is 0.408 e. The molecule has 1 N–H and O–H groups in total. The van der Waals surface area contributed by atoms with E-state index in [2.05, 4.69) is 35.1 Å². The molecule has 26 heavy (non-hydrogen) atoms. The first-order valence-corrected chi connectivity index (χ1v) is 8.26. The van der Waals surface area contributed by atoms with Gasteiger partial charge in [-0.05, 0) is 19.3 Å². The molecule has 1 atom stereocenters. The van der Waals surface area contributed by atoms with E-state index in [0.29, 0.717) is 23.7 Å². The first-order valence-electron chi connectivity index (χ1n) is 8.26. The molecule has 0 spiro atoms. The smallest absolute Gasteiger partial charge is 0.369 e. The van der Waals surface area contributed by atoms with Gasteiger partial charge in [-0.3, -0.25) is 4.68 Å². The first-order chi connectivity index (χ1) is 12.4. The van der Waals surface area contributed by atoms with Crippen molar-refractivity contribution in [3.8, 4) is 0 Å². The van der Waals surface area contributed by atoms with Crippen LogP contribution in [0.2, 0.25) is 0 Å². The fourth-order valence-electron chi connectivity index (χ4n) is 3.23. The van der Waals surface area contributed by atoms with Gasteiger partial charge in [0.15, 0.2) is 5.65 Å². The summed E-state index contributed by atoms with van der Waals surface area (Å²) >= 11 is 0. The molecule has 0 radical (unpaired) electrons. The van der Waals surface area contributed by atoms with Gasteiger partial charge in [-0.25, -0.2) is 9.97 Å². The van der Waals surface area contributed by atoms with E-state index in [0.717, 1.165) is 35.7 Å². The monoisotopic (exact) mass is 366 g/mol. The summed E-state index contributed by atoms with van der Waals surface area (Å²) < 4.78 is 40.6. The van der Waals surface area contributed by atoms with Crippen LogP contribution in [0.15, 0.2) is 12.5 Å². The van der Waals surface area contributed by atoms with Crippen molar-refractivity contribution in [3.05, 3.63) is 24.2 Å². The van der Waals surface area contributed by atoms with Gasteiger partial charge in [0.1, 0.15) is 30.3 Å². The molecule has 1 aliphatic heterocycles. The molecule has 0 aliphatic carbocycles. The standard InChI is InChI=1S/C15H17F3N8/c1-9-22-23-12-3-2-10(5-26(9)12)4-19-13-11-6-25(7-15(16,17)18)24-14(11)21-8-20-13/h6,8,10H,2-5,7H2,1H3,(H,19,20,21,24). The molecule has 1 aliphatic rings. The Morgan fingerprint density at radius 2 is 2.12 bits per heavy atom. The molecule has 0 amide bonds. The highest BCUT2D eigenvalue weighted by Gasteiger charge is 2.29. The molecule has 0 aromatic carbocycles. The molecule has 0 bridgehead atoms. The van der Waals surface area contributed by atoms with Crippen LogP contribution < -0.4 is 5.32 Å². The van der Waals surface area contributed by atoms with Gasteiger partial charge in [-0.15, -0.1) is 10.2 Å². The summed E-state index contributed by atoms with van der Waals surface area (Å²) in [5, 5.41) is 15.8. The highest BCUT2D eigenvalue weighted by atomic mass is 19.4. The van der Waals surface area contributed by atoms with Gasteiger partial charge in [0, 0.05) is 25.7 Å². The molecule has 1 unspecified atom stereocenters. The van der Waals surface area contributed by atoms with Crippen LogP contribution in [0.25, 0.3) is 11.0 Å². The van der Waals surface area contributed by atoms with Crippen molar-refractivity contribution in [2.24, 2.45) is 5.92 Å². The molecule has 11 heteroatoms. The zero-order valence-corrected chi connectivity index (χ0v) is 14.0. The Hall–Kier alpha value is -2.72. The van der Waals surface area contributed by atoms with Gasteiger partial charge < -0.3 is 9.88 Å². The number of nitrogens with one attached hydrogen (secondary N) is 1. The third-order valence-electron chi connectivity index (χ3n) is 4.49. The summed E-state index contributed by atoms with van der Waals surface area (Å²) in [5.41, 5.74) is 0.243. The van der Waals surface area contributed by atoms with Crippen molar-refractivity contribution < 1.29 is 13.2 Å². The van der Waals surface area contributed by atoms with Crippen LogP contribution in [0.3, 0.4) is 0 Å². The quantitative estimate of drug-likeness (QED) is 0.760. The van der Waals surface area contributed by atoms with Crippen molar-refractivity contribution in [2.45, 2.75) is 39.0 Å². The summed E-state index contributed by atoms with van der Waals surface area (Å²) in [6, 6.07) is 0. The first kappa shape index (κ1) is 16.7. The van der Waals surface area contributed by atoms with Crippen molar-refractivity contribution >= 4 is 16.9 Å². The number of alkyl halides is 3. The van der Waals surface area contributed by atoms with Crippen LogP contribution in [-0.2, 0) is 19.5 Å². The third-order valence-corrected chi connectivity index (χ3v) is 4.49. The second-order valence-corrected chi connectivity index (χ2v) is 6.46. The molecule has 3 aromatic heterocycles. The summed E-state index contributed by atoms with van der Waals surface area (Å²) in [6.45, 7) is 2.23. The van der Waals surface area contributed by atoms with Crippen LogP contribution in [0.4, 0.5) is 19.0 Å². The maximum atomic E-state index is 12.6. The number of hydrogen-bond donors (Lipinski definition) is 1. The largest absolute Gasteiger partial charge is 0.408 e. The molecule has 8 nitrogen and oxygen atoms in total. The summed E-state index contributed by atoms with van der Waals surface area (Å²) in [7, 11) is 0. The van der Waals surface area contributed by atoms with E-state index in [1.54, 1.807) is 0 Å². The number of halogens is 3. The minimum absolute atomic E-state index is 0.243. The Morgan fingerprint density at radius 3 is 2.92 bits per heavy atom. The highest BCUT2D eigenvalue weighted by Crippen LogP contribution is 2.24. The van der Waals surface area contributed by atoms with Gasteiger partial charge >= 0.3 is 6.18 Å². The van der Waals surface area contributed by atoms with Crippen molar-refractivity contribution in [1.82, 2.24) is 34.5 Å². The molecule has 4 rings (SSSR count). The minimum Gasteiger partial charge on any atom is -0.369 e. The maximum absolute atomic E-state index is 12.6. The minimum atomic E-state index is -4.33. The Morgan fingerprint density at radius 1 is 1.27 bits per heavy atom. The van der Waals surface area contributed by atoms with Crippen LogP contribution in [-0.4, -0.2) is 47.2 Å². The lowest BCUT2D eigenvalue weighted by Gasteiger charge is -2.24. The van der Waals surface area contributed by atoms with Crippen LogP contribution in [0.1, 0.15) is 18.1 Å². The molecule has 0 fully saturated rings. The Labute approximate surface area is 146 Å². The molecule has 3 aromatic rings. The zero-order chi connectivity index (χ0) is 18.3. The highest BCUT2D eigenvalue weighted by molar-refractivity contribution is 5.85. The zero-order valence-electron chi connectivity index (χ0n) is 14.0. The van der Waals surface area contributed by atoms with E-state index in [-0.39, 0.29) is 5.65 Å². The molecule has 138 valence electrons. The lowest BCUT2D eigenvalue weighted by molar-refractivity contribution is -0.142. The lowest BCUT2D eigenvalue weighted by atomic mass is 9.99. The average molecular weight is 366 g/mol. The van der Waals surface area contributed by atoms with Crippen molar-refractivity contribution in [1.29, 1.82) is 0 Å². The van der Waals surface area contributed by atoms with E-state index in [9.17, 15) is 13.2 Å².